The van der Waals surface area contributed by atoms with E-state index in [1.807, 2.05) is 32.0 Å². The molecule has 2 aromatic heterocycles. The van der Waals surface area contributed by atoms with Crippen LogP contribution in [0.25, 0.3) is 0 Å². The molecule has 2 amide bonds. The molecule has 1 aliphatic rings. The van der Waals surface area contributed by atoms with Gasteiger partial charge in [0.1, 0.15) is 22.3 Å². The molecule has 0 saturated carbocycles. The highest BCUT2D eigenvalue weighted by Crippen LogP contribution is 2.28. The summed E-state index contributed by atoms with van der Waals surface area (Å²) < 4.78 is 0. The molecule has 194 valence electrons. The van der Waals surface area contributed by atoms with Crippen LogP contribution in [0.4, 0.5) is 22.5 Å². The molecule has 0 bridgehead atoms. The molecule has 4 rings (SSSR count). The number of hydrogen-bond acceptors (Lipinski definition) is 9. The number of carbonyl (C=O) groups is 2. The maximum atomic E-state index is 12.8. The van der Waals surface area contributed by atoms with Crippen LogP contribution in [0.2, 0.25) is 5.02 Å². The molecule has 0 aliphatic carbocycles. The first-order valence-electron chi connectivity index (χ1n) is 11.8. The van der Waals surface area contributed by atoms with Crippen molar-refractivity contribution in [1.82, 2.24) is 25.2 Å². The van der Waals surface area contributed by atoms with Gasteiger partial charge in [-0.05, 0) is 31.6 Å². The fourth-order valence-electron chi connectivity index (χ4n) is 3.90. The standard InChI is InChI=1S/C25H29ClN8O2S/c1-4-22(35)27-8-9-33-10-12-34(13-11-33)21-14-20(29-17(3)30-21)31-25-28-15-19(37-25)24(36)32-23-16(2)6-5-7-18(23)26/h4-7,14-15H,1,8-13H2,2-3H3,(H,27,35)(H,32,36)(H,28,29,30,31). The lowest BCUT2D eigenvalue weighted by Crippen LogP contribution is -2.48. The van der Waals surface area contributed by atoms with Crippen LogP contribution in [0.1, 0.15) is 21.1 Å². The minimum atomic E-state index is -0.275. The molecule has 3 heterocycles. The number of anilines is 4. The first kappa shape index (κ1) is 26.5. The van der Waals surface area contributed by atoms with E-state index in [1.54, 1.807) is 6.07 Å². The van der Waals surface area contributed by atoms with Crippen LogP contribution in [0.5, 0.6) is 0 Å². The molecular formula is C25H29ClN8O2S. The number of piperazine rings is 1. The van der Waals surface area contributed by atoms with Gasteiger partial charge in [0.15, 0.2) is 5.13 Å². The topological polar surface area (TPSA) is 115 Å². The van der Waals surface area contributed by atoms with Crippen molar-refractivity contribution in [3.05, 3.63) is 64.4 Å². The van der Waals surface area contributed by atoms with Crippen molar-refractivity contribution < 1.29 is 9.59 Å². The minimum Gasteiger partial charge on any atom is -0.354 e. The zero-order valence-corrected chi connectivity index (χ0v) is 22.3. The van der Waals surface area contributed by atoms with Gasteiger partial charge < -0.3 is 20.9 Å². The van der Waals surface area contributed by atoms with Crippen molar-refractivity contribution in [3.63, 3.8) is 0 Å². The summed E-state index contributed by atoms with van der Waals surface area (Å²) in [5.41, 5.74) is 1.47. The first-order chi connectivity index (χ1) is 17.8. The Bertz CT molecular complexity index is 1270. The van der Waals surface area contributed by atoms with Crippen LogP contribution in [0, 0.1) is 13.8 Å². The van der Waals surface area contributed by atoms with E-state index in [1.165, 1.54) is 23.6 Å². The lowest BCUT2D eigenvalue weighted by atomic mass is 10.2. The number of amides is 2. The quantitative estimate of drug-likeness (QED) is 0.352. The summed E-state index contributed by atoms with van der Waals surface area (Å²) in [5.74, 6) is 1.65. The Morgan fingerprint density at radius 2 is 1.97 bits per heavy atom. The van der Waals surface area contributed by atoms with Crippen LogP contribution in [-0.2, 0) is 4.79 Å². The Morgan fingerprint density at radius 3 is 2.70 bits per heavy atom. The van der Waals surface area contributed by atoms with Gasteiger partial charge in [-0.3, -0.25) is 14.5 Å². The van der Waals surface area contributed by atoms with Crippen LogP contribution >= 0.6 is 22.9 Å². The Morgan fingerprint density at radius 1 is 1.19 bits per heavy atom. The van der Waals surface area contributed by atoms with E-state index in [-0.39, 0.29) is 11.8 Å². The summed E-state index contributed by atoms with van der Waals surface area (Å²) in [6, 6.07) is 7.36. The highest BCUT2D eigenvalue weighted by atomic mass is 35.5. The minimum absolute atomic E-state index is 0.154. The molecule has 1 aliphatic heterocycles. The smallest absolute Gasteiger partial charge is 0.267 e. The fourth-order valence-corrected chi connectivity index (χ4v) is 4.89. The molecule has 0 radical (unpaired) electrons. The van der Waals surface area contributed by atoms with Crippen LogP contribution in [-0.4, -0.2) is 70.9 Å². The van der Waals surface area contributed by atoms with Crippen molar-refractivity contribution in [2.24, 2.45) is 0 Å². The average molecular weight is 541 g/mol. The molecule has 0 unspecified atom stereocenters. The van der Waals surface area contributed by atoms with Gasteiger partial charge in [-0.1, -0.05) is 41.6 Å². The summed E-state index contributed by atoms with van der Waals surface area (Å²) in [5, 5.41) is 9.92. The second-order valence-electron chi connectivity index (χ2n) is 8.52. The first-order valence-corrected chi connectivity index (χ1v) is 13.0. The zero-order chi connectivity index (χ0) is 26.4. The van der Waals surface area contributed by atoms with Crippen molar-refractivity contribution >= 4 is 57.2 Å². The summed E-state index contributed by atoms with van der Waals surface area (Å²) in [6.07, 6.45) is 2.81. The molecule has 3 N–H and O–H groups in total. The number of aromatic nitrogens is 3. The predicted molar refractivity (Wildman–Crippen MR) is 148 cm³/mol. The number of benzene rings is 1. The summed E-state index contributed by atoms with van der Waals surface area (Å²) in [6.45, 7) is 11.9. The summed E-state index contributed by atoms with van der Waals surface area (Å²) in [4.78, 5) is 42.5. The third-order valence-corrected chi connectivity index (χ3v) is 7.08. The van der Waals surface area contributed by atoms with E-state index >= 15 is 0 Å². The van der Waals surface area contributed by atoms with Crippen molar-refractivity contribution in [1.29, 1.82) is 0 Å². The molecule has 0 spiro atoms. The molecule has 37 heavy (non-hydrogen) atoms. The van der Waals surface area contributed by atoms with E-state index in [0.29, 0.717) is 38.9 Å². The molecule has 12 heteroatoms. The third kappa shape index (κ3) is 7.03. The highest BCUT2D eigenvalue weighted by molar-refractivity contribution is 7.17. The lowest BCUT2D eigenvalue weighted by Gasteiger charge is -2.35. The SMILES string of the molecule is C=CC(=O)NCCN1CCN(c2cc(Nc3ncc(C(=O)Nc4c(C)cccc4Cl)s3)nc(C)n2)CC1. The third-order valence-electron chi connectivity index (χ3n) is 5.86. The Kier molecular flexibility index (Phi) is 8.70. The summed E-state index contributed by atoms with van der Waals surface area (Å²) >= 11 is 7.47. The Labute approximate surface area is 224 Å². The second-order valence-corrected chi connectivity index (χ2v) is 9.96. The molecular weight excluding hydrogens is 512 g/mol. The normalized spacial score (nSPS) is 13.8. The van der Waals surface area contributed by atoms with Gasteiger partial charge in [-0.25, -0.2) is 15.0 Å². The van der Waals surface area contributed by atoms with E-state index in [4.69, 9.17) is 11.6 Å². The van der Waals surface area contributed by atoms with E-state index in [9.17, 15) is 9.59 Å². The number of aryl methyl sites for hydroxylation is 2. The van der Waals surface area contributed by atoms with Crippen molar-refractivity contribution in [3.8, 4) is 0 Å². The average Bonchev–Trinajstić information content (AvgIpc) is 3.34. The van der Waals surface area contributed by atoms with Crippen molar-refractivity contribution in [2.75, 3.05) is 54.8 Å². The monoisotopic (exact) mass is 540 g/mol. The second kappa shape index (κ2) is 12.1. The maximum Gasteiger partial charge on any atom is 0.267 e. The molecule has 1 saturated heterocycles. The van der Waals surface area contributed by atoms with Gasteiger partial charge >= 0.3 is 0 Å². The maximum absolute atomic E-state index is 12.8. The fraction of sp³-hybridized carbons (Fsp3) is 0.320. The molecule has 3 aromatic rings. The largest absolute Gasteiger partial charge is 0.354 e. The number of rotatable bonds is 9. The van der Waals surface area contributed by atoms with E-state index in [2.05, 4.69) is 47.3 Å². The molecule has 1 aromatic carbocycles. The zero-order valence-electron chi connectivity index (χ0n) is 20.8. The number of thiazole rings is 1. The number of halogens is 1. The molecule has 10 nitrogen and oxygen atoms in total. The van der Waals surface area contributed by atoms with E-state index in [0.717, 1.165) is 44.1 Å². The number of carbonyl (C=O) groups excluding carboxylic acids is 2. The number of para-hydroxylation sites is 1. The number of nitrogens with zero attached hydrogens (tertiary/aromatic N) is 5. The highest BCUT2D eigenvalue weighted by Gasteiger charge is 2.20. The predicted octanol–water partition coefficient (Wildman–Crippen LogP) is 3.62. The Balaban J connectivity index is 1.35. The lowest BCUT2D eigenvalue weighted by molar-refractivity contribution is -0.116. The van der Waals surface area contributed by atoms with Gasteiger partial charge in [0.25, 0.3) is 5.91 Å². The van der Waals surface area contributed by atoms with Crippen LogP contribution in [0.3, 0.4) is 0 Å². The Hall–Kier alpha value is -3.54. The van der Waals surface area contributed by atoms with Crippen LogP contribution in [0.15, 0.2) is 43.1 Å². The summed E-state index contributed by atoms with van der Waals surface area (Å²) in [7, 11) is 0. The van der Waals surface area contributed by atoms with Crippen LogP contribution < -0.4 is 20.9 Å². The van der Waals surface area contributed by atoms with Gasteiger partial charge in [0.05, 0.1) is 16.9 Å². The van der Waals surface area contributed by atoms with Crippen molar-refractivity contribution in [2.45, 2.75) is 13.8 Å². The van der Waals surface area contributed by atoms with E-state index < -0.39 is 0 Å². The van der Waals surface area contributed by atoms with Gasteiger partial charge in [0, 0.05) is 45.3 Å². The van der Waals surface area contributed by atoms with Gasteiger partial charge in [0.2, 0.25) is 5.91 Å². The van der Waals surface area contributed by atoms with Gasteiger partial charge in [-0.15, -0.1) is 0 Å². The molecule has 1 fully saturated rings. The molecule has 0 atom stereocenters. The van der Waals surface area contributed by atoms with Gasteiger partial charge in [-0.2, -0.15) is 0 Å². The number of hydrogen-bond donors (Lipinski definition) is 3. The number of nitrogens with one attached hydrogen (secondary N) is 3.